The van der Waals surface area contributed by atoms with Gasteiger partial charge in [0, 0.05) is 5.56 Å². The van der Waals surface area contributed by atoms with E-state index in [4.69, 9.17) is 4.74 Å². The molecule has 1 N–H and O–H groups in total. The molecule has 0 atom stereocenters. The van der Waals surface area contributed by atoms with Gasteiger partial charge in [0.15, 0.2) is 0 Å². The Kier molecular flexibility index (Phi) is 5.17. The van der Waals surface area contributed by atoms with Crippen molar-refractivity contribution >= 4 is 21.9 Å². The molecule has 0 aliphatic heterocycles. The maximum Gasteiger partial charge on any atom is 0.230 e. The predicted octanol–water partition coefficient (Wildman–Crippen LogP) is 3.49. The van der Waals surface area contributed by atoms with Gasteiger partial charge in [-0.2, -0.15) is 0 Å². The van der Waals surface area contributed by atoms with Crippen LogP contribution >= 0.6 is 0 Å². The average molecular weight is 360 g/mol. The molecule has 5 nitrogen and oxygen atoms in total. The summed E-state index contributed by atoms with van der Waals surface area (Å²) in [5.41, 5.74) is -2.40. The maximum absolute atomic E-state index is 14.8. The molecule has 1 aliphatic rings. The lowest BCUT2D eigenvalue weighted by Gasteiger charge is -2.34. The molecular weight excluding hydrogens is 338 g/mol. The number of halogens is 2. The first-order chi connectivity index (χ1) is 11.0. The lowest BCUT2D eigenvalue weighted by Crippen LogP contribution is -2.34. The Bertz CT molecular complexity index is 723. The quantitative estimate of drug-likeness (QED) is 0.873. The molecule has 0 amide bonds. The number of allylic oxidation sites excluding steroid dienone is 1. The van der Waals surface area contributed by atoms with Gasteiger partial charge in [0.25, 0.3) is 0 Å². The van der Waals surface area contributed by atoms with Crippen LogP contribution < -0.4 is 9.46 Å². The zero-order valence-electron chi connectivity index (χ0n) is 14.0. The summed E-state index contributed by atoms with van der Waals surface area (Å²) in [7, 11) is -2.02. The van der Waals surface area contributed by atoms with E-state index in [0.29, 0.717) is 11.3 Å². The summed E-state index contributed by atoms with van der Waals surface area (Å²) in [5.74, 6) is 0.505. The van der Waals surface area contributed by atoms with E-state index in [2.05, 4.69) is 9.71 Å². The number of hydrogen-bond donors (Lipinski definition) is 1. The SMILES string of the molecule is COc1cnc(NS(C)(=O)=O)cc1/C=C/C1(F)CCC(C)(F)CC1. The third-order valence-electron chi connectivity index (χ3n) is 4.09. The smallest absolute Gasteiger partial charge is 0.230 e. The van der Waals surface area contributed by atoms with Gasteiger partial charge >= 0.3 is 0 Å². The van der Waals surface area contributed by atoms with Gasteiger partial charge in [0.1, 0.15) is 22.9 Å². The van der Waals surface area contributed by atoms with Crippen LogP contribution in [-0.4, -0.2) is 38.1 Å². The van der Waals surface area contributed by atoms with Gasteiger partial charge in [-0.05, 0) is 44.7 Å². The number of ether oxygens (including phenoxy) is 1. The van der Waals surface area contributed by atoms with Gasteiger partial charge in [-0.3, -0.25) is 4.72 Å². The van der Waals surface area contributed by atoms with Crippen LogP contribution in [0.15, 0.2) is 18.3 Å². The average Bonchev–Trinajstić information content (AvgIpc) is 2.47. The Balaban J connectivity index is 2.22. The fraction of sp³-hybridized carbons (Fsp3) is 0.562. The van der Waals surface area contributed by atoms with Gasteiger partial charge < -0.3 is 4.74 Å². The summed E-state index contributed by atoms with van der Waals surface area (Å²) >= 11 is 0. The van der Waals surface area contributed by atoms with E-state index < -0.39 is 21.4 Å². The van der Waals surface area contributed by atoms with Gasteiger partial charge in [-0.15, -0.1) is 0 Å². The third-order valence-corrected chi connectivity index (χ3v) is 4.67. The Morgan fingerprint density at radius 1 is 1.29 bits per heavy atom. The van der Waals surface area contributed by atoms with Crippen molar-refractivity contribution in [1.82, 2.24) is 4.98 Å². The van der Waals surface area contributed by atoms with Crippen molar-refractivity contribution in [2.24, 2.45) is 0 Å². The van der Waals surface area contributed by atoms with E-state index in [1.807, 2.05) is 0 Å². The topological polar surface area (TPSA) is 68.3 Å². The number of nitrogens with zero attached hydrogens (tertiary/aromatic N) is 1. The summed E-state index contributed by atoms with van der Waals surface area (Å²) in [6.45, 7) is 1.49. The maximum atomic E-state index is 14.8. The molecular formula is C16H22F2N2O3S. The molecule has 0 unspecified atom stereocenters. The van der Waals surface area contributed by atoms with E-state index in [0.717, 1.165) is 6.26 Å². The van der Waals surface area contributed by atoms with E-state index in [1.165, 1.54) is 38.4 Å². The summed E-state index contributed by atoms with van der Waals surface area (Å²) in [4.78, 5) is 3.93. The first kappa shape index (κ1) is 18.6. The fourth-order valence-corrected chi connectivity index (χ4v) is 3.09. The van der Waals surface area contributed by atoms with Crippen molar-refractivity contribution in [3.05, 3.63) is 23.9 Å². The molecule has 1 saturated carbocycles. The van der Waals surface area contributed by atoms with Crippen molar-refractivity contribution in [3.63, 3.8) is 0 Å². The molecule has 0 saturated heterocycles. The van der Waals surface area contributed by atoms with Crippen LogP contribution in [0.2, 0.25) is 0 Å². The zero-order chi connectivity index (χ0) is 18.0. The number of methoxy groups -OCH3 is 1. The van der Waals surface area contributed by atoms with E-state index in [9.17, 15) is 17.2 Å². The number of alkyl halides is 2. The van der Waals surface area contributed by atoms with Crippen molar-refractivity contribution in [2.75, 3.05) is 18.1 Å². The fourth-order valence-electron chi connectivity index (χ4n) is 2.60. The first-order valence-electron chi connectivity index (χ1n) is 7.61. The lowest BCUT2D eigenvalue weighted by atomic mass is 9.79. The van der Waals surface area contributed by atoms with E-state index >= 15 is 0 Å². The van der Waals surface area contributed by atoms with Crippen molar-refractivity contribution in [2.45, 2.75) is 43.9 Å². The number of pyridine rings is 1. The number of hydrogen-bond acceptors (Lipinski definition) is 4. The molecule has 1 aromatic heterocycles. The second kappa shape index (κ2) is 6.66. The normalized spacial score (nSPS) is 28.0. The highest BCUT2D eigenvalue weighted by atomic mass is 32.2. The molecule has 0 aromatic carbocycles. The summed E-state index contributed by atoms with van der Waals surface area (Å²) in [5, 5.41) is 0. The first-order valence-corrected chi connectivity index (χ1v) is 9.50. The second-order valence-electron chi connectivity index (χ2n) is 6.47. The number of rotatable bonds is 5. The van der Waals surface area contributed by atoms with E-state index in [1.54, 1.807) is 0 Å². The van der Waals surface area contributed by atoms with Crippen LogP contribution in [0.3, 0.4) is 0 Å². The number of nitrogens with one attached hydrogen (secondary N) is 1. The van der Waals surface area contributed by atoms with Crippen LogP contribution in [0, 0.1) is 0 Å². The van der Waals surface area contributed by atoms with Crippen molar-refractivity contribution < 1.29 is 21.9 Å². The largest absolute Gasteiger partial charge is 0.495 e. The van der Waals surface area contributed by atoms with Crippen molar-refractivity contribution in [3.8, 4) is 5.75 Å². The molecule has 0 radical (unpaired) electrons. The Labute approximate surface area is 141 Å². The number of anilines is 1. The summed E-state index contributed by atoms with van der Waals surface area (Å²) < 4.78 is 58.6. The highest BCUT2D eigenvalue weighted by molar-refractivity contribution is 7.92. The minimum absolute atomic E-state index is 0.109. The van der Waals surface area contributed by atoms with Gasteiger partial charge in [-0.1, -0.05) is 6.08 Å². The molecule has 8 heteroatoms. The lowest BCUT2D eigenvalue weighted by molar-refractivity contribution is 0.0518. The molecule has 1 heterocycles. The van der Waals surface area contributed by atoms with Gasteiger partial charge in [0.05, 0.1) is 19.6 Å². The number of sulfonamides is 1. The Hall–Kier alpha value is -1.70. The number of aromatic nitrogens is 1. The standard InChI is InChI=1S/C16H22F2N2O3S/c1-15(17)6-8-16(18,9-7-15)5-4-12-10-14(20-24(3,21)22)19-11-13(12)23-2/h4-5,10-11H,6-9H2,1-3H3,(H,19,20)/b5-4+. The van der Waals surface area contributed by atoms with Gasteiger partial charge in [0.2, 0.25) is 10.0 Å². The molecule has 0 bridgehead atoms. The highest BCUT2D eigenvalue weighted by Crippen LogP contribution is 2.40. The summed E-state index contributed by atoms with van der Waals surface area (Å²) in [6, 6.07) is 1.46. The minimum atomic E-state index is -3.47. The van der Waals surface area contributed by atoms with Crippen molar-refractivity contribution in [1.29, 1.82) is 0 Å². The zero-order valence-corrected chi connectivity index (χ0v) is 14.8. The van der Waals surface area contributed by atoms with E-state index in [-0.39, 0.29) is 31.5 Å². The van der Waals surface area contributed by atoms with Crippen LogP contribution in [0.1, 0.15) is 38.2 Å². The molecule has 1 fully saturated rings. The van der Waals surface area contributed by atoms with Crippen LogP contribution in [0.5, 0.6) is 5.75 Å². The molecule has 0 spiro atoms. The Morgan fingerprint density at radius 2 is 1.92 bits per heavy atom. The molecule has 24 heavy (non-hydrogen) atoms. The molecule has 134 valence electrons. The molecule has 1 aliphatic carbocycles. The summed E-state index contributed by atoms with van der Waals surface area (Å²) in [6.07, 6.45) is 5.85. The predicted molar refractivity (Wildman–Crippen MR) is 90.1 cm³/mol. The second-order valence-corrected chi connectivity index (χ2v) is 8.22. The monoisotopic (exact) mass is 360 g/mol. The molecule has 1 aromatic rings. The van der Waals surface area contributed by atoms with Crippen LogP contribution in [0.25, 0.3) is 6.08 Å². The molecule has 2 rings (SSSR count). The third kappa shape index (κ3) is 5.15. The highest BCUT2D eigenvalue weighted by Gasteiger charge is 2.39. The Morgan fingerprint density at radius 3 is 2.46 bits per heavy atom. The van der Waals surface area contributed by atoms with Crippen LogP contribution in [0.4, 0.5) is 14.6 Å². The van der Waals surface area contributed by atoms with Crippen LogP contribution in [-0.2, 0) is 10.0 Å². The minimum Gasteiger partial charge on any atom is -0.495 e. The van der Waals surface area contributed by atoms with Gasteiger partial charge in [-0.25, -0.2) is 22.2 Å².